The molecule has 3 aromatic carbocycles. The molecule has 0 unspecified atom stereocenters. The maximum Gasteiger partial charge on any atom is 0.250 e. The first-order valence-corrected chi connectivity index (χ1v) is 10.4. The van der Waals surface area contributed by atoms with Crippen LogP contribution in [0.2, 0.25) is 0 Å². The number of benzene rings is 3. The molecule has 0 spiro atoms. The standard InChI is InChI=1S/C27H22N4/c1-18-12-14-21(15-13-18)29-26-22(16-20-8-4-3-5-9-20)19(2)23(17-28)27-30-24-10-6-7-11-25(24)31(26)27/h3-15H,16H2,1-2H3,(H,29,30)/p+1. The molecule has 4 nitrogen and oxygen atoms in total. The number of aryl methyl sites for hydroxylation is 1. The first-order chi connectivity index (χ1) is 15.2. The van der Waals surface area contributed by atoms with Crippen molar-refractivity contribution >= 4 is 28.2 Å². The smallest absolute Gasteiger partial charge is 0.250 e. The summed E-state index contributed by atoms with van der Waals surface area (Å²) in [5.74, 6) is 0.983. The van der Waals surface area contributed by atoms with Gasteiger partial charge in [0.2, 0.25) is 11.5 Å². The molecular formula is C27H23N4+. The van der Waals surface area contributed by atoms with Crippen molar-refractivity contribution in [3.05, 3.63) is 107 Å². The molecule has 0 saturated carbocycles. The Labute approximate surface area is 181 Å². The Morgan fingerprint density at radius 1 is 0.903 bits per heavy atom. The van der Waals surface area contributed by atoms with E-state index in [2.05, 4.69) is 82.3 Å². The monoisotopic (exact) mass is 403 g/mol. The molecule has 0 aliphatic carbocycles. The second kappa shape index (κ2) is 7.62. The Hall–Kier alpha value is -4.10. The van der Waals surface area contributed by atoms with Crippen LogP contribution in [-0.4, -0.2) is 4.98 Å². The van der Waals surface area contributed by atoms with Crippen LogP contribution in [0.1, 0.15) is 27.8 Å². The van der Waals surface area contributed by atoms with Crippen LogP contribution >= 0.6 is 0 Å². The molecular weight excluding hydrogens is 380 g/mol. The van der Waals surface area contributed by atoms with Crippen molar-refractivity contribution in [2.75, 3.05) is 5.32 Å². The predicted molar refractivity (Wildman–Crippen MR) is 125 cm³/mol. The lowest BCUT2D eigenvalue weighted by Crippen LogP contribution is -2.28. The van der Waals surface area contributed by atoms with Crippen molar-refractivity contribution in [3.63, 3.8) is 0 Å². The SMILES string of the molecule is Cc1ccc(Nc2c(Cc3ccccc3)c(C)c(C#N)c3[nH]c4ccccc4[n+]23)cc1. The average molecular weight is 404 g/mol. The van der Waals surface area contributed by atoms with Crippen molar-refractivity contribution < 1.29 is 4.40 Å². The highest BCUT2D eigenvalue weighted by Crippen LogP contribution is 2.29. The van der Waals surface area contributed by atoms with Gasteiger partial charge in [-0.3, -0.25) is 10.3 Å². The van der Waals surface area contributed by atoms with Crippen LogP contribution in [0, 0.1) is 25.2 Å². The summed E-state index contributed by atoms with van der Waals surface area (Å²) in [5, 5.41) is 13.7. The largest absolute Gasteiger partial charge is 0.273 e. The summed E-state index contributed by atoms with van der Waals surface area (Å²) < 4.78 is 2.15. The predicted octanol–water partition coefficient (Wildman–Crippen LogP) is 5.73. The number of aromatic nitrogens is 2. The number of aromatic amines is 1. The molecule has 31 heavy (non-hydrogen) atoms. The van der Waals surface area contributed by atoms with Gasteiger partial charge in [0.1, 0.15) is 22.7 Å². The Morgan fingerprint density at radius 2 is 1.61 bits per heavy atom. The number of para-hydroxylation sites is 2. The number of hydrogen-bond donors (Lipinski definition) is 2. The number of H-pyrrole nitrogens is 1. The molecule has 2 aromatic heterocycles. The number of nitrogens with zero attached hydrogens (tertiary/aromatic N) is 2. The van der Waals surface area contributed by atoms with Gasteiger partial charge in [-0.1, -0.05) is 60.2 Å². The van der Waals surface area contributed by atoms with Gasteiger partial charge in [-0.05, 0) is 49.2 Å². The fourth-order valence-electron chi connectivity index (χ4n) is 4.18. The Morgan fingerprint density at radius 3 is 2.35 bits per heavy atom. The molecule has 0 aliphatic heterocycles. The number of hydrogen-bond acceptors (Lipinski definition) is 2. The van der Waals surface area contributed by atoms with E-state index in [0.29, 0.717) is 5.56 Å². The highest BCUT2D eigenvalue weighted by Gasteiger charge is 2.26. The quantitative estimate of drug-likeness (QED) is 0.377. The summed E-state index contributed by atoms with van der Waals surface area (Å²) in [6, 6.07) is 29.4. The first-order valence-electron chi connectivity index (χ1n) is 10.4. The minimum absolute atomic E-state index is 0.677. The minimum atomic E-state index is 0.677. The van der Waals surface area contributed by atoms with Crippen LogP contribution in [0.5, 0.6) is 0 Å². The van der Waals surface area contributed by atoms with E-state index in [0.717, 1.165) is 45.7 Å². The second-order valence-electron chi connectivity index (χ2n) is 7.92. The minimum Gasteiger partial charge on any atom is -0.273 e. The molecule has 150 valence electrons. The number of pyridine rings is 1. The molecule has 5 rings (SSSR count). The van der Waals surface area contributed by atoms with Crippen molar-refractivity contribution in [3.8, 4) is 6.07 Å². The maximum absolute atomic E-state index is 10.0. The number of rotatable bonds is 4. The lowest BCUT2D eigenvalue weighted by molar-refractivity contribution is -0.465. The lowest BCUT2D eigenvalue weighted by atomic mass is 9.97. The summed E-state index contributed by atoms with van der Waals surface area (Å²) in [5.41, 5.74) is 9.09. The van der Waals surface area contributed by atoms with Crippen molar-refractivity contribution in [1.29, 1.82) is 5.26 Å². The fraction of sp³-hybridized carbons (Fsp3) is 0.111. The van der Waals surface area contributed by atoms with Gasteiger partial charge < -0.3 is 0 Å². The van der Waals surface area contributed by atoms with Gasteiger partial charge >= 0.3 is 0 Å². The second-order valence-corrected chi connectivity index (χ2v) is 7.92. The van der Waals surface area contributed by atoms with E-state index in [9.17, 15) is 5.26 Å². The van der Waals surface area contributed by atoms with Crippen molar-refractivity contribution in [2.24, 2.45) is 0 Å². The third-order valence-electron chi connectivity index (χ3n) is 5.85. The Balaban J connectivity index is 1.83. The molecule has 0 aliphatic rings. The Bertz CT molecular complexity index is 1440. The Kier molecular flexibility index (Phi) is 4.65. The van der Waals surface area contributed by atoms with E-state index in [4.69, 9.17) is 0 Å². The number of nitrogens with one attached hydrogen (secondary N) is 2. The highest BCUT2D eigenvalue weighted by molar-refractivity contribution is 5.79. The molecule has 0 fully saturated rings. The van der Waals surface area contributed by atoms with Crippen LogP contribution in [0.25, 0.3) is 16.7 Å². The summed E-state index contributed by atoms with van der Waals surface area (Å²) >= 11 is 0. The van der Waals surface area contributed by atoms with Gasteiger partial charge in [0.15, 0.2) is 0 Å². The molecule has 5 aromatic rings. The van der Waals surface area contributed by atoms with E-state index >= 15 is 0 Å². The van der Waals surface area contributed by atoms with Gasteiger partial charge in [0.05, 0.1) is 5.69 Å². The molecule has 2 heterocycles. The van der Waals surface area contributed by atoms with E-state index in [1.54, 1.807) is 0 Å². The topological polar surface area (TPSA) is 55.7 Å². The van der Waals surface area contributed by atoms with Crippen molar-refractivity contribution in [1.82, 2.24) is 4.98 Å². The van der Waals surface area contributed by atoms with Crippen LogP contribution in [0.15, 0.2) is 78.9 Å². The maximum atomic E-state index is 10.0. The van der Waals surface area contributed by atoms with Crippen molar-refractivity contribution in [2.45, 2.75) is 20.3 Å². The van der Waals surface area contributed by atoms with Gasteiger partial charge in [0, 0.05) is 12.0 Å². The van der Waals surface area contributed by atoms with Gasteiger partial charge in [-0.15, -0.1) is 0 Å². The summed E-state index contributed by atoms with van der Waals surface area (Å²) in [6.45, 7) is 4.13. The number of nitriles is 1. The zero-order chi connectivity index (χ0) is 21.4. The van der Waals surface area contributed by atoms with E-state index in [-0.39, 0.29) is 0 Å². The fourth-order valence-corrected chi connectivity index (χ4v) is 4.18. The number of imidazole rings is 1. The molecule has 0 atom stereocenters. The van der Waals surface area contributed by atoms with Crippen LogP contribution in [-0.2, 0) is 6.42 Å². The van der Waals surface area contributed by atoms with Gasteiger partial charge in [0.25, 0.3) is 0 Å². The number of fused-ring (bicyclic) bond motifs is 3. The van der Waals surface area contributed by atoms with Gasteiger partial charge in [-0.25, -0.2) is 0 Å². The molecule has 0 radical (unpaired) electrons. The molecule has 0 saturated heterocycles. The first kappa shape index (κ1) is 18.9. The molecule has 4 heteroatoms. The summed E-state index contributed by atoms with van der Waals surface area (Å²) in [4.78, 5) is 3.47. The van der Waals surface area contributed by atoms with E-state index < -0.39 is 0 Å². The normalized spacial score (nSPS) is 11.0. The van der Waals surface area contributed by atoms with Crippen LogP contribution in [0.3, 0.4) is 0 Å². The zero-order valence-electron chi connectivity index (χ0n) is 17.6. The zero-order valence-corrected chi connectivity index (χ0v) is 17.6. The number of anilines is 2. The average Bonchev–Trinajstić information content (AvgIpc) is 3.17. The third-order valence-corrected chi connectivity index (χ3v) is 5.85. The summed E-state index contributed by atoms with van der Waals surface area (Å²) in [6.07, 6.45) is 0.734. The molecule has 2 N–H and O–H groups in total. The summed E-state index contributed by atoms with van der Waals surface area (Å²) in [7, 11) is 0. The molecule has 0 amide bonds. The molecule has 0 bridgehead atoms. The van der Waals surface area contributed by atoms with Gasteiger partial charge in [-0.2, -0.15) is 9.66 Å². The lowest BCUT2D eigenvalue weighted by Gasteiger charge is -2.14. The van der Waals surface area contributed by atoms with Crippen LogP contribution in [0.4, 0.5) is 11.5 Å². The highest BCUT2D eigenvalue weighted by atomic mass is 15.1. The van der Waals surface area contributed by atoms with Crippen LogP contribution < -0.4 is 9.72 Å². The van der Waals surface area contributed by atoms with E-state index in [1.807, 2.05) is 31.2 Å². The third kappa shape index (κ3) is 3.31. The van der Waals surface area contributed by atoms with E-state index in [1.165, 1.54) is 11.1 Å².